The summed E-state index contributed by atoms with van der Waals surface area (Å²) in [5.41, 5.74) is 1.19. The van der Waals surface area contributed by atoms with E-state index in [0.717, 1.165) is 18.6 Å². The summed E-state index contributed by atoms with van der Waals surface area (Å²) < 4.78 is 28.9. The predicted molar refractivity (Wildman–Crippen MR) is 108 cm³/mol. The monoisotopic (exact) mass is 412 g/mol. The Balaban J connectivity index is 1.94. The van der Waals surface area contributed by atoms with E-state index in [4.69, 9.17) is 13.9 Å². The van der Waals surface area contributed by atoms with Crippen LogP contribution in [-0.4, -0.2) is 18.5 Å². The van der Waals surface area contributed by atoms with Gasteiger partial charge in [0.2, 0.25) is 0 Å². The molecule has 0 unspecified atom stereocenters. The SMILES string of the molecule is CCCOC(=O)CCc1cc2c(C)cc(=O)oc2cc1OC(=O)c1ccc(F)cc1. The maximum Gasteiger partial charge on any atom is 0.343 e. The molecule has 0 aliphatic rings. The van der Waals surface area contributed by atoms with Crippen LogP contribution in [0.25, 0.3) is 11.0 Å². The van der Waals surface area contributed by atoms with Crippen molar-refractivity contribution in [1.29, 1.82) is 0 Å². The molecule has 156 valence electrons. The number of halogens is 1. The molecule has 2 aromatic carbocycles. The summed E-state index contributed by atoms with van der Waals surface area (Å²) in [6, 6.07) is 9.49. The summed E-state index contributed by atoms with van der Waals surface area (Å²) >= 11 is 0. The smallest absolute Gasteiger partial charge is 0.343 e. The molecule has 0 bridgehead atoms. The van der Waals surface area contributed by atoms with Gasteiger partial charge in [0.1, 0.15) is 17.1 Å². The Morgan fingerprint density at radius 1 is 1.10 bits per heavy atom. The molecule has 0 amide bonds. The highest BCUT2D eigenvalue weighted by molar-refractivity contribution is 5.92. The topological polar surface area (TPSA) is 82.8 Å². The highest BCUT2D eigenvalue weighted by Crippen LogP contribution is 2.29. The Bertz CT molecular complexity index is 1130. The van der Waals surface area contributed by atoms with Gasteiger partial charge < -0.3 is 13.9 Å². The van der Waals surface area contributed by atoms with Crippen molar-refractivity contribution >= 4 is 22.9 Å². The fourth-order valence-corrected chi connectivity index (χ4v) is 2.95. The van der Waals surface area contributed by atoms with Crippen molar-refractivity contribution < 1.29 is 27.9 Å². The number of hydrogen-bond acceptors (Lipinski definition) is 6. The Morgan fingerprint density at radius 2 is 1.83 bits per heavy atom. The quantitative estimate of drug-likeness (QED) is 0.326. The summed E-state index contributed by atoms with van der Waals surface area (Å²) in [4.78, 5) is 36.1. The van der Waals surface area contributed by atoms with E-state index in [1.54, 1.807) is 13.0 Å². The number of esters is 2. The third kappa shape index (κ3) is 5.11. The molecule has 7 heteroatoms. The lowest BCUT2D eigenvalue weighted by Crippen LogP contribution is -2.12. The van der Waals surface area contributed by atoms with Gasteiger partial charge in [-0.2, -0.15) is 0 Å². The standard InChI is InChI=1S/C23H21FO6/c1-3-10-28-21(25)9-6-16-12-18-14(2)11-22(26)29-20(18)13-19(16)30-23(27)15-4-7-17(24)8-5-15/h4-5,7-8,11-13H,3,6,9-10H2,1-2H3. The van der Waals surface area contributed by atoms with Gasteiger partial charge in [0.05, 0.1) is 12.2 Å². The molecule has 1 aromatic heterocycles. The van der Waals surface area contributed by atoms with Crippen LogP contribution in [0.15, 0.2) is 51.7 Å². The highest BCUT2D eigenvalue weighted by Gasteiger charge is 2.16. The zero-order valence-corrected chi connectivity index (χ0v) is 16.7. The minimum Gasteiger partial charge on any atom is -0.466 e. The van der Waals surface area contributed by atoms with E-state index in [0.29, 0.717) is 23.1 Å². The summed E-state index contributed by atoms with van der Waals surface area (Å²) in [6.07, 6.45) is 1.09. The van der Waals surface area contributed by atoms with Gasteiger partial charge in [-0.25, -0.2) is 14.0 Å². The molecule has 0 saturated carbocycles. The molecule has 0 N–H and O–H groups in total. The van der Waals surface area contributed by atoms with Crippen LogP contribution in [0, 0.1) is 12.7 Å². The van der Waals surface area contributed by atoms with Crippen LogP contribution >= 0.6 is 0 Å². The van der Waals surface area contributed by atoms with E-state index < -0.39 is 17.4 Å². The Labute approximate surface area is 172 Å². The summed E-state index contributed by atoms with van der Waals surface area (Å²) in [6.45, 7) is 4.01. The van der Waals surface area contributed by atoms with Gasteiger partial charge in [-0.05, 0) is 61.2 Å². The lowest BCUT2D eigenvalue weighted by Gasteiger charge is -2.12. The Morgan fingerprint density at radius 3 is 2.53 bits per heavy atom. The lowest BCUT2D eigenvalue weighted by molar-refractivity contribution is -0.143. The summed E-state index contributed by atoms with van der Waals surface area (Å²) in [5.74, 6) is -1.36. The molecular formula is C23H21FO6. The van der Waals surface area contributed by atoms with Gasteiger partial charge in [-0.3, -0.25) is 4.79 Å². The van der Waals surface area contributed by atoms with Gasteiger partial charge in [0.25, 0.3) is 0 Å². The minimum atomic E-state index is -0.695. The van der Waals surface area contributed by atoms with E-state index in [-0.39, 0.29) is 35.7 Å². The van der Waals surface area contributed by atoms with Crippen molar-refractivity contribution in [3.8, 4) is 5.75 Å². The van der Waals surface area contributed by atoms with Crippen LogP contribution in [0.4, 0.5) is 4.39 Å². The van der Waals surface area contributed by atoms with Crippen LogP contribution in [0.5, 0.6) is 5.75 Å². The maximum atomic E-state index is 13.1. The fourth-order valence-electron chi connectivity index (χ4n) is 2.95. The number of carbonyl (C=O) groups is 2. The lowest BCUT2D eigenvalue weighted by atomic mass is 10.0. The van der Waals surface area contributed by atoms with Crippen molar-refractivity contribution in [2.75, 3.05) is 6.61 Å². The van der Waals surface area contributed by atoms with E-state index in [9.17, 15) is 18.8 Å². The van der Waals surface area contributed by atoms with Crippen LogP contribution in [0.1, 0.15) is 41.3 Å². The number of carbonyl (C=O) groups excluding carboxylic acids is 2. The number of aryl methyl sites for hydroxylation is 2. The Kier molecular flexibility index (Phi) is 6.61. The van der Waals surface area contributed by atoms with Gasteiger partial charge in [0, 0.05) is 23.9 Å². The molecule has 3 rings (SSSR count). The minimum absolute atomic E-state index is 0.0996. The normalized spacial score (nSPS) is 10.8. The summed E-state index contributed by atoms with van der Waals surface area (Å²) in [7, 11) is 0. The second kappa shape index (κ2) is 9.35. The molecule has 30 heavy (non-hydrogen) atoms. The Hall–Kier alpha value is -3.48. The van der Waals surface area contributed by atoms with Gasteiger partial charge in [-0.1, -0.05) is 6.92 Å². The third-order valence-electron chi connectivity index (χ3n) is 4.48. The number of benzene rings is 2. The molecule has 0 spiro atoms. The predicted octanol–water partition coefficient (Wildman–Crippen LogP) is 4.35. The average molecular weight is 412 g/mol. The first kappa shape index (κ1) is 21.2. The van der Waals surface area contributed by atoms with E-state index in [2.05, 4.69) is 0 Å². The highest BCUT2D eigenvalue weighted by atomic mass is 19.1. The van der Waals surface area contributed by atoms with Crippen molar-refractivity contribution in [3.05, 3.63) is 75.4 Å². The molecular weight excluding hydrogens is 391 g/mol. The van der Waals surface area contributed by atoms with Crippen molar-refractivity contribution in [2.45, 2.75) is 33.1 Å². The maximum absolute atomic E-state index is 13.1. The number of hydrogen-bond donors (Lipinski definition) is 0. The zero-order chi connectivity index (χ0) is 21.7. The first-order chi connectivity index (χ1) is 14.4. The summed E-state index contributed by atoms with van der Waals surface area (Å²) in [5, 5.41) is 0.674. The zero-order valence-electron chi connectivity index (χ0n) is 16.7. The number of rotatable bonds is 7. The molecule has 0 saturated heterocycles. The van der Waals surface area contributed by atoms with Crippen LogP contribution in [0.3, 0.4) is 0 Å². The van der Waals surface area contributed by atoms with Crippen molar-refractivity contribution in [3.63, 3.8) is 0 Å². The van der Waals surface area contributed by atoms with Crippen LogP contribution < -0.4 is 10.4 Å². The molecule has 6 nitrogen and oxygen atoms in total. The van der Waals surface area contributed by atoms with Crippen LogP contribution in [-0.2, 0) is 16.0 Å². The molecule has 0 atom stereocenters. The van der Waals surface area contributed by atoms with Crippen molar-refractivity contribution in [1.82, 2.24) is 0 Å². The van der Waals surface area contributed by atoms with Crippen LogP contribution in [0.2, 0.25) is 0 Å². The number of fused-ring (bicyclic) bond motifs is 1. The van der Waals surface area contributed by atoms with Gasteiger partial charge in [-0.15, -0.1) is 0 Å². The first-order valence-corrected chi connectivity index (χ1v) is 9.58. The molecule has 0 aliphatic heterocycles. The van der Waals surface area contributed by atoms with Crippen molar-refractivity contribution in [2.24, 2.45) is 0 Å². The molecule has 1 heterocycles. The molecule has 0 radical (unpaired) electrons. The van der Waals surface area contributed by atoms with Gasteiger partial charge in [0.15, 0.2) is 0 Å². The fraction of sp³-hybridized carbons (Fsp3) is 0.261. The second-order valence-corrected chi connectivity index (χ2v) is 6.82. The molecule has 0 fully saturated rings. The average Bonchev–Trinajstić information content (AvgIpc) is 2.71. The third-order valence-corrected chi connectivity index (χ3v) is 4.48. The van der Waals surface area contributed by atoms with Gasteiger partial charge >= 0.3 is 17.6 Å². The largest absolute Gasteiger partial charge is 0.466 e. The molecule has 0 aliphatic carbocycles. The second-order valence-electron chi connectivity index (χ2n) is 6.82. The van der Waals surface area contributed by atoms with E-state index in [1.807, 2.05) is 6.92 Å². The number of ether oxygens (including phenoxy) is 2. The van der Waals surface area contributed by atoms with E-state index >= 15 is 0 Å². The first-order valence-electron chi connectivity index (χ1n) is 9.58. The van der Waals surface area contributed by atoms with E-state index in [1.165, 1.54) is 24.3 Å². The molecule has 3 aromatic rings.